The first-order valence-electron chi connectivity index (χ1n) is 4.06. The van der Waals surface area contributed by atoms with Crippen molar-refractivity contribution in [2.75, 3.05) is 39.1 Å². The van der Waals surface area contributed by atoms with Crippen LogP contribution in [-0.4, -0.2) is 54.9 Å². The number of likely N-dealkylation sites (N-methyl/N-ethyl adjacent to an activating group) is 1. The maximum absolute atomic E-state index is 11.3. The second kappa shape index (κ2) is 4.57. The molecule has 0 saturated carbocycles. The number of carbonyl (C=O) groups is 1. The Morgan fingerprint density at radius 2 is 2.00 bits per heavy atom. The van der Waals surface area contributed by atoms with Gasteiger partial charge >= 0.3 is 6.03 Å². The fraction of sp³-hybridized carbons (Fsp3) is 0.857. The van der Waals surface area contributed by atoms with E-state index < -0.39 is 0 Å². The van der Waals surface area contributed by atoms with Gasteiger partial charge in [-0.2, -0.15) is 12.6 Å². The predicted octanol–water partition coefficient (Wildman–Crippen LogP) is -0.169. The van der Waals surface area contributed by atoms with Gasteiger partial charge in [-0.15, -0.1) is 0 Å². The first-order chi connectivity index (χ1) is 5.74. The first kappa shape index (κ1) is 9.67. The molecule has 1 fully saturated rings. The third-order valence-electron chi connectivity index (χ3n) is 2.02. The number of hydrogen-bond donors (Lipinski definition) is 2. The van der Waals surface area contributed by atoms with Crippen molar-refractivity contribution in [2.24, 2.45) is 0 Å². The molecule has 70 valence electrons. The molecule has 0 aliphatic carbocycles. The maximum atomic E-state index is 11.3. The lowest BCUT2D eigenvalue weighted by Crippen LogP contribution is -2.50. The zero-order valence-electron chi connectivity index (χ0n) is 7.29. The van der Waals surface area contributed by atoms with Gasteiger partial charge in [-0.05, 0) is 7.05 Å². The minimum atomic E-state index is -0.00176. The Labute approximate surface area is 78.3 Å². The van der Waals surface area contributed by atoms with Crippen molar-refractivity contribution in [1.82, 2.24) is 15.1 Å². The highest BCUT2D eigenvalue weighted by molar-refractivity contribution is 7.80. The molecule has 0 aromatic carbocycles. The van der Waals surface area contributed by atoms with Crippen LogP contribution in [0.3, 0.4) is 0 Å². The Morgan fingerprint density at radius 1 is 1.42 bits per heavy atom. The van der Waals surface area contributed by atoms with Crippen LogP contribution >= 0.6 is 12.6 Å². The monoisotopic (exact) mass is 189 g/mol. The molecule has 1 N–H and O–H groups in total. The highest BCUT2D eigenvalue weighted by Crippen LogP contribution is 1.98. The summed E-state index contributed by atoms with van der Waals surface area (Å²) < 4.78 is 0. The van der Waals surface area contributed by atoms with E-state index in [4.69, 9.17) is 0 Å². The lowest BCUT2D eigenvalue weighted by atomic mass is 10.3. The van der Waals surface area contributed by atoms with E-state index in [0.717, 1.165) is 26.2 Å². The first-order valence-corrected chi connectivity index (χ1v) is 4.69. The standard InChI is InChI=1S/C7H15N3OS/c1-9-2-4-10(5-3-9)7(11)8-6-12/h12H,2-6H2,1H3,(H,8,11). The fourth-order valence-corrected chi connectivity index (χ4v) is 1.32. The van der Waals surface area contributed by atoms with Crippen LogP contribution in [0.15, 0.2) is 0 Å². The molecule has 0 unspecified atom stereocenters. The van der Waals surface area contributed by atoms with Gasteiger partial charge in [0.1, 0.15) is 0 Å². The van der Waals surface area contributed by atoms with Crippen molar-refractivity contribution in [3.63, 3.8) is 0 Å². The number of urea groups is 1. The van der Waals surface area contributed by atoms with Crippen molar-refractivity contribution in [1.29, 1.82) is 0 Å². The summed E-state index contributed by atoms with van der Waals surface area (Å²) >= 11 is 3.93. The summed E-state index contributed by atoms with van der Waals surface area (Å²) in [5.74, 6) is 0.408. The number of rotatable bonds is 1. The molecule has 0 atom stereocenters. The van der Waals surface area contributed by atoms with E-state index in [9.17, 15) is 4.79 Å². The van der Waals surface area contributed by atoms with Crippen LogP contribution in [0.5, 0.6) is 0 Å². The summed E-state index contributed by atoms with van der Waals surface area (Å²) in [5.41, 5.74) is 0. The van der Waals surface area contributed by atoms with E-state index in [1.54, 1.807) is 0 Å². The normalized spacial score (nSPS) is 19.3. The quantitative estimate of drug-likeness (QED) is 0.444. The minimum Gasteiger partial charge on any atom is -0.329 e. The largest absolute Gasteiger partial charge is 0.329 e. The zero-order valence-corrected chi connectivity index (χ0v) is 8.18. The summed E-state index contributed by atoms with van der Waals surface area (Å²) in [5, 5.41) is 2.66. The molecule has 1 saturated heterocycles. The number of carbonyl (C=O) groups excluding carboxylic acids is 1. The second-order valence-electron chi connectivity index (χ2n) is 2.93. The molecule has 0 bridgehead atoms. The van der Waals surface area contributed by atoms with Crippen molar-refractivity contribution in [3.05, 3.63) is 0 Å². The van der Waals surface area contributed by atoms with E-state index in [1.807, 2.05) is 4.90 Å². The van der Waals surface area contributed by atoms with Gasteiger partial charge in [0.2, 0.25) is 0 Å². The Morgan fingerprint density at radius 3 is 2.50 bits per heavy atom. The van der Waals surface area contributed by atoms with Gasteiger partial charge < -0.3 is 15.1 Å². The summed E-state index contributed by atoms with van der Waals surface area (Å²) in [6, 6.07) is -0.00176. The van der Waals surface area contributed by atoms with Crippen LogP contribution in [0.4, 0.5) is 4.79 Å². The fourth-order valence-electron chi connectivity index (χ4n) is 1.19. The molecular weight excluding hydrogens is 174 g/mol. The number of nitrogens with zero attached hydrogens (tertiary/aromatic N) is 2. The second-order valence-corrected chi connectivity index (χ2v) is 3.25. The van der Waals surface area contributed by atoms with E-state index in [0.29, 0.717) is 5.88 Å². The average molecular weight is 189 g/mol. The van der Waals surface area contributed by atoms with Gasteiger partial charge in [0.25, 0.3) is 0 Å². The van der Waals surface area contributed by atoms with Crippen molar-refractivity contribution < 1.29 is 4.79 Å². The topological polar surface area (TPSA) is 35.6 Å². The van der Waals surface area contributed by atoms with E-state index in [-0.39, 0.29) is 6.03 Å². The third kappa shape index (κ3) is 2.57. The molecule has 0 radical (unpaired) electrons. The summed E-state index contributed by atoms with van der Waals surface area (Å²) in [4.78, 5) is 15.3. The molecular formula is C7H15N3OS. The van der Waals surface area contributed by atoms with Crippen molar-refractivity contribution in [3.8, 4) is 0 Å². The number of amides is 2. The van der Waals surface area contributed by atoms with Gasteiger partial charge in [-0.1, -0.05) is 0 Å². The molecule has 1 aliphatic heterocycles. The molecule has 2 amide bonds. The molecule has 0 aromatic heterocycles. The molecule has 1 aliphatic rings. The predicted molar refractivity (Wildman–Crippen MR) is 51.5 cm³/mol. The Balaban J connectivity index is 2.29. The summed E-state index contributed by atoms with van der Waals surface area (Å²) in [6.07, 6.45) is 0. The minimum absolute atomic E-state index is 0.00176. The third-order valence-corrected chi connectivity index (χ3v) is 2.18. The van der Waals surface area contributed by atoms with Gasteiger partial charge in [0.15, 0.2) is 0 Å². The molecule has 0 spiro atoms. The lowest BCUT2D eigenvalue weighted by molar-refractivity contribution is 0.155. The molecule has 4 nitrogen and oxygen atoms in total. The number of hydrogen-bond acceptors (Lipinski definition) is 3. The number of nitrogens with one attached hydrogen (secondary N) is 1. The lowest BCUT2D eigenvalue weighted by Gasteiger charge is -2.32. The molecule has 1 rings (SSSR count). The Hall–Kier alpha value is -0.420. The van der Waals surface area contributed by atoms with Crippen LogP contribution in [0.25, 0.3) is 0 Å². The SMILES string of the molecule is CN1CCN(C(=O)NCS)CC1. The average Bonchev–Trinajstić information content (AvgIpc) is 2.06. The molecule has 0 aromatic rings. The van der Waals surface area contributed by atoms with Gasteiger partial charge in [-0.25, -0.2) is 4.79 Å². The van der Waals surface area contributed by atoms with E-state index >= 15 is 0 Å². The van der Waals surface area contributed by atoms with Crippen LogP contribution in [0, 0.1) is 0 Å². The van der Waals surface area contributed by atoms with Gasteiger partial charge in [0.05, 0.1) is 5.88 Å². The molecule has 12 heavy (non-hydrogen) atoms. The maximum Gasteiger partial charge on any atom is 0.318 e. The van der Waals surface area contributed by atoms with Gasteiger partial charge in [0, 0.05) is 26.2 Å². The van der Waals surface area contributed by atoms with Crippen molar-refractivity contribution >= 4 is 18.7 Å². The van der Waals surface area contributed by atoms with Crippen LogP contribution < -0.4 is 5.32 Å². The molecule has 5 heteroatoms. The zero-order chi connectivity index (χ0) is 8.97. The Bertz CT molecular complexity index is 157. The highest BCUT2D eigenvalue weighted by atomic mass is 32.1. The van der Waals surface area contributed by atoms with Gasteiger partial charge in [-0.3, -0.25) is 0 Å². The van der Waals surface area contributed by atoms with Crippen LogP contribution in [0.2, 0.25) is 0 Å². The number of thiol groups is 1. The van der Waals surface area contributed by atoms with E-state index in [1.165, 1.54) is 0 Å². The summed E-state index contributed by atoms with van der Waals surface area (Å²) in [7, 11) is 2.06. The smallest absolute Gasteiger partial charge is 0.318 e. The molecule has 1 heterocycles. The van der Waals surface area contributed by atoms with Crippen LogP contribution in [0.1, 0.15) is 0 Å². The number of piperazine rings is 1. The summed E-state index contributed by atoms with van der Waals surface area (Å²) in [6.45, 7) is 3.55. The van der Waals surface area contributed by atoms with Crippen molar-refractivity contribution in [2.45, 2.75) is 0 Å². The highest BCUT2D eigenvalue weighted by Gasteiger charge is 2.17. The Kier molecular flexibility index (Phi) is 3.68. The van der Waals surface area contributed by atoms with E-state index in [2.05, 4.69) is 29.9 Å². The van der Waals surface area contributed by atoms with Crippen LogP contribution in [-0.2, 0) is 0 Å².